The van der Waals surface area contributed by atoms with E-state index in [0.717, 1.165) is 0 Å². The maximum atomic E-state index is 3.50. The quantitative estimate of drug-likeness (QED) is 0.873. The van der Waals surface area contributed by atoms with Gasteiger partial charge in [0.15, 0.2) is 0 Å². The van der Waals surface area contributed by atoms with E-state index in [1.54, 1.807) is 11.1 Å². The molecule has 21 heavy (non-hydrogen) atoms. The molecule has 1 aliphatic rings. The normalized spacial score (nSPS) is 15.6. The molecule has 110 valence electrons. The minimum Gasteiger partial charge on any atom is -0.309 e. The number of hydrogen-bond donors (Lipinski definition) is 1. The van der Waals surface area contributed by atoms with Crippen molar-refractivity contribution >= 4 is 0 Å². The molecular weight excluding hydrogens is 254 g/mol. The standard InChI is InChI=1S/C20H25N/c1-14-8-11-19(15(2)12-14)20(21-3)18-10-9-16-6-4-5-7-17(16)13-18/h8-13,20-21H,4-7H2,1-3H3. The molecule has 0 heterocycles. The van der Waals surface area contributed by atoms with Crippen molar-refractivity contribution in [3.05, 3.63) is 69.8 Å². The summed E-state index contributed by atoms with van der Waals surface area (Å²) in [6.07, 6.45) is 5.18. The second-order valence-electron chi connectivity index (χ2n) is 6.32. The average molecular weight is 279 g/mol. The summed E-state index contributed by atoms with van der Waals surface area (Å²) in [5.74, 6) is 0. The Morgan fingerprint density at radius 2 is 1.67 bits per heavy atom. The topological polar surface area (TPSA) is 12.0 Å². The van der Waals surface area contributed by atoms with Crippen molar-refractivity contribution in [3.63, 3.8) is 0 Å². The molecule has 3 rings (SSSR count). The van der Waals surface area contributed by atoms with Crippen molar-refractivity contribution < 1.29 is 0 Å². The number of aryl methyl sites for hydroxylation is 4. The summed E-state index contributed by atoms with van der Waals surface area (Å²) in [4.78, 5) is 0. The van der Waals surface area contributed by atoms with Crippen molar-refractivity contribution in [2.45, 2.75) is 45.6 Å². The highest BCUT2D eigenvalue weighted by atomic mass is 14.9. The highest BCUT2D eigenvalue weighted by Gasteiger charge is 2.17. The monoisotopic (exact) mass is 279 g/mol. The zero-order valence-corrected chi connectivity index (χ0v) is 13.4. The van der Waals surface area contributed by atoms with Gasteiger partial charge < -0.3 is 5.32 Å². The van der Waals surface area contributed by atoms with E-state index in [-0.39, 0.29) is 6.04 Å². The van der Waals surface area contributed by atoms with E-state index < -0.39 is 0 Å². The minimum atomic E-state index is 0.290. The molecule has 1 aliphatic carbocycles. The second-order valence-corrected chi connectivity index (χ2v) is 6.32. The van der Waals surface area contributed by atoms with Gasteiger partial charge in [-0.3, -0.25) is 0 Å². The SMILES string of the molecule is CNC(c1ccc2c(c1)CCCC2)c1ccc(C)cc1C. The molecule has 0 spiro atoms. The van der Waals surface area contributed by atoms with Crippen LogP contribution < -0.4 is 5.32 Å². The van der Waals surface area contributed by atoms with E-state index in [2.05, 4.69) is 62.6 Å². The van der Waals surface area contributed by atoms with E-state index >= 15 is 0 Å². The highest BCUT2D eigenvalue weighted by molar-refractivity contribution is 5.42. The van der Waals surface area contributed by atoms with Crippen LogP contribution in [0.25, 0.3) is 0 Å². The Bertz CT molecular complexity index is 642. The number of rotatable bonds is 3. The molecule has 1 N–H and O–H groups in total. The predicted octanol–water partition coefficient (Wildman–Crippen LogP) is 4.49. The Labute approximate surface area is 128 Å². The van der Waals surface area contributed by atoms with E-state index in [1.807, 2.05) is 0 Å². The lowest BCUT2D eigenvalue weighted by Gasteiger charge is -2.23. The fraction of sp³-hybridized carbons (Fsp3) is 0.400. The summed E-state index contributed by atoms with van der Waals surface area (Å²) in [7, 11) is 2.06. The first kappa shape index (κ1) is 14.3. The van der Waals surface area contributed by atoms with Crippen LogP contribution in [-0.4, -0.2) is 7.05 Å². The Hall–Kier alpha value is -1.60. The van der Waals surface area contributed by atoms with Crippen molar-refractivity contribution in [1.82, 2.24) is 5.32 Å². The van der Waals surface area contributed by atoms with Crippen molar-refractivity contribution in [1.29, 1.82) is 0 Å². The van der Waals surface area contributed by atoms with Gasteiger partial charge >= 0.3 is 0 Å². The number of hydrogen-bond acceptors (Lipinski definition) is 1. The van der Waals surface area contributed by atoms with Crippen LogP contribution >= 0.6 is 0 Å². The molecule has 0 amide bonds. The van der Waals surface area contributed by atoms with Crippen LogP contribution in [0.1, 0.15) is 52.3 Å². The van der Waals surface area contributed by atoms with E-state index in [1.165, 1.54) is 47.9 Å². The molecule has 0 aromatic heterocycles. The molecule has 0 radical (unpaired) electrons. The molecule has 1 heteroatoms. The fourth-order valence-electron chi connectivity index (χ4n) is 3.58. The van der Waals surface area contributed by atoms with E-state index in [9.17, 15) is 0 Å². The van der Waals surface area contributed by atoms with Crippen molar-refractivity contribution in [3.8, 4) is 0 Å². The molecule has 0 fully saturated rings. The van der Waals surface area contributed by atoms with Crippen LogP contribution in [0.5, 0.6) is 0 Å². The molecule has 1 nitrogen and oxygen atoms in total. The molecule has 0 saturated carbocycles. The summed E-state index contributed by atoms with van der Waals surface area (Å²) in [5.41, 5.74) is 8.59. The van der Waals surface area contributed by atoms with Crippen LogP contribution in [0.4, 0.5) is 0 Å². The Kier molecular flexibility index (Phi) is 4.12. The van der Waals surface area contributed by atoms with Crippen LogP contribution in [0.3, 0.4) is 0 Å². The molecule has 1 unspecified atom stereocenters. The third-order valence-electron chi connectivity index (χ3n) is 4.73. The summed E-state index contributed by atoms with van der Waals surface area (Å²) >= 11 is 0. The molecule has 1 atom stereocenters. The first-order valence-corrected chi connectivity index (χ1v) is 8.05. The van der Waals surface area contributed by atoms with Gasteiger partial charge in [-0.15, -0.1) is 0 Å². The van der Waals surface area contributed by atoms with Crippen molar-refractivity contribution in [2.75, 3.05) is 7.05 Å². The molecule has 0 saturated heterocycles. The summed E-state index contributed by atoms with van der Waals surface area (Å²) in [6.45, 7) is 4.37. The van der Waals surface area contributed by atoms with Gasteiger partial charge in [0.1, 0.15) is 0 Å². The van der Waals surface area contributed by atoms with Crippen LogP contribution in [0.2, 0.25) is 0 Å². The van der Waals surface area contributed by atoms with Gasteiger partial charge in [-0.2, -0.15) is 0 Å². The predicted molar refractivity (Wildman–Crippen MR) is 89.9 cm³/mol. The third-order valence-corrected chi connectivity index (χ3v) is 4.73. The van der Waals surface area contributed by atoms with Gasteiger partial charge in [-0.1, -0.05) is 42.0 Å². The summed E-state index contributed by atoms with van der Waals surface area (Å²) in [5, 5.41) is 3.50. The fourth-order valence-corrected chi connectivity index (χ4v) is 3.58. The molecule has 2 aromatic rings. The van der Waals surface area contributed by atoms with Crippen LogP contribution in [0.15, 0.2) is 36.4 Å². The van der Waals surface area contributed by atoms with Crippen molar-refractivity contribution in [2.24, 2.45) is 0 Å². The van der Waals surface area contributed by atoms with Gasteiger partial charge in [-0.25, -0.2) is 0 Å². The summed E-state index contributed by atoms with van der Waals surface area (Å²) < 4.78 is 0. The van der Waals surface area contributed by atoms with Crippen LogP contribution in [-0.2, 0) is 12.8 Å². The Morgan fingerprint density at radius 1 is 0.905 bits per heavy atom. The lowest BCUT2D eigenvalue weighted by atomic mass is 9.87. The highest BCUT2D eigenvalue weighted by Crippen LogP contribution is 2.29. The maximum Gasteiger partial charge on any atom is 0.0576 e. The van der Waals surface area contributed by atoms with Crippen LogP contribution in [0, 0.1) is 13.8 Å². The molecular formula is C20H25N. The summed E-state index contributed by atoms with van der Waals surface area (Å²) in [6, 6.07) is 14.1. The first-order valence-electron chi connectivity index (χ1n) is 8.05. The Morgan fingerprint density at radius 3 is 2.38 bits per heavy atom. The van der Waals surface area contributed by atoms with Gasteiger partial charge in [0.2, 0.25) is 0 Å². The molecule has 0 aliphatic heterocycles. The Balaban J connectivity index is 1.99. The molecule has 2 aromatic carbocycles. The lowest BCUT2D eigenvalue weighted by molar-refractivity contribution is 0.666. The zero-order valence-electron chi connectivity index (χ0n) is 13.4. The number of benzene rings is 2. The largest absolute Gasteiger partial charge is 0.309 e. The van der Waals surface area contributed by atoms with Gasteiger partial charge in [-0.05, 0) is 74.4 Å². The van der Waals surface area contributed by atoms with E-state index in [4.69, 9.17) is 0 Å². The van der Waals surface area contributed by atoms with Gasteiger partial charge in [0.05, 0.1) is 6.04 Å². The lowest BCUT2D eigenvalue weighted by Crippen LogP contribution is -2.19. The minimum absolute atomic E-state index is 0.290. The second kappa shape index (κ2) is 6.03. The number of fused-ring (bicyclic) bond motifs is 1. The molecule has 0 bridgehead atoms. The average Bonchev–Trinajstić information content (AvgIpc) is 2.50. The van der Waals surface area contributed by atoms with Gasteiger partial charge in [0.25, 0.3) is 0 Å². The van der Waals surface area contributed by atoms with Gasteiger partial charge in [0, 0.05) is 0 Å². The first-order chi connectivity index (χ1) is 10.2. The smallest absolute Gasteiger partial charge is 0.0576 e. The number of nitrogens with one attached hydrogen (secondary N) is 1. The maximum absolute atomic E-state index is 3.50. The van der Waals surface area contributed by atoms with E-state index in [0.29, 0.717) is 0 Å². The third kappa shape index (κ3) is 2.89. The zero-order chi connectivity index (χ0) is 14.8.